The molecule has 4 aliphatic rings. The first kappa shape index (κ1) is 38.8. The SMILES string of the molecule is C[C@@H]1C(=O)N(C)Cc2c(-c3cccc4cc(-c5ccc(C(=O)NCCCC#Cc6cccc7c6CN(C6CCC(=O)NC6=O)C7=O)nc5)ncc34)nc(C3CCOCC3)n21. The van der Waals surface area contributed by atoms with E-state index in [1.54, 1.807) is 29.3 Å². The van der Waals surface area contributed by atoms with Gasteiger partial charge in [-0.15, -0.1) is 0 Å². The van der Waals surface area contributed by atoms with Crippen molar-refractivity contribution in [3.8, 4) is 34.4 Å². The summed E-state index contributed by atoms with van der Waals surface area (Å²) in [4.78, 5) is 81.1. The van der Waals surface area contributed by atoms with Gasteiger partial charge in [-0.2, -0.15) is 0 Å². The number of ether oxygens (including phenoxy) is 1. The van der Waals surface area contributed by atoms with Crippen LogP contribution >= 0.6 is 0 Å². The van der Waals surface area contributed by atoms with Crippen LogP contribution in [0, 0.1) is 11.8 Å². The van der Waals surface area contributed by atoms with E-state index in [9.17, 15) is 24.0 Å². The first-order valence-electron chi connectivity index (χ1n) is 20.5. The Labute approximate surface area is 346 Å². The van der Waals surface area contributed by atoms with Crippen molar-refractivity contribution >= 4 is 40.3 Å². The van der Waals surface area contributed by atoms with Gasteiger partial charge in [-0.05, 0) is 73.9 Å². The van der Waals surface area contributed by atoms with Gasteiger partial charge in [-0.25, -0.2) is 4.98 Å². The molecule has 2 atom stereocenters. The van der Waals surface area contributed by atoms with Crippen LogP contribution in [0.15, 0.2) is 67.0 Å². The fourth-order valence-electron chi connectivity index (χ4n) is 8.81. The Morgan fingerprint density at radius 3 is 2.58 bits per heavy atom. The molecule has 2 fully saturated rings. The second-order valence-corrected chi connectivity index (χ2v) is 15.8. The van der Waals surface area contributed by atoms with Gasteiger partial charge in [0, 0.05) is 92.1 Å². The molecular formula is C46H44N8O6. The van der Waals surface area contributed by atoms with Crippen molar-refractivity contribution in [1.29, 1.82) is 0 Å². The van der Waals surface area contributed by atoms with Crippen LogP contribution in [0.2, 0.25) is 0 Å². The lowest BCUT2D eigenvalue weighted by Gasteiger charge is -2.32. The summed E-state index contributed by atoms with van der Waals surface area (Å²) in [7, 11) is 1.84. The minimum absolute atomic E-state index is 0.0825. The fraction of sp³-hybridized carbons (Fsp3) is 0.348. The molecule has 0 saturated carbocycles. The van der Waals surface area contributed by atoms with E-state index < -0.39 is 11.9 Å². The number of hydrogen-bond acceptors (Lipinski definition) is 9. The zero-order chi connectivity index (χ0) is 41.5. The lowest BCUT2D eigenvalue weighted by molar-refractivity contribution is -0.137. The summed E-state index contributed by atoms with van der Waals surface area (Å²) >= 11 is 0. The highest BCUT2D eigenvalue weighted by molar-refractivity contribution is 6.05. The Balaban J connectivity index is 0.836. The number of fused-ring (bicyclic) bond motifs is 3. The van der Waals surface area contributed by atoms with Gasteiger partial charge >= 0.3 is 0 Å². The smallest absolute Gasteiger partial charge is 0.269 e. The number of imide groups is 1. The van der Waals surface area contributed by atoms with Gasteiger partial charge in [0.25, 0.3) is 11.8 Å². The van der Waals surface area contributed by atoms with E-state index in [-0.39, 0.29) is 48.6 Å². The van der Waals surface area contributed by atoms with E-state index in [1.165, 1.54) is 4.90 Å². The quantitative estimate of drug-likeness (QED) is 0.126. The van der Waals surface area contributed by atoms with E-state index >= 15 is 0 Å². The number of imidazole rings is 1. The highest BCUT2D eigenvalue weighted by atomic mass is 16.5. The molecule has 14 heteroatoms. The summed E-state index contributed by atoms with van der Waals surface area (Å²) in [6.45, 7) is 4.47. The third-order valence-corrected chi connectivity index (χ3v) is 12.0. The predicted molar refractivity (Wildman–Crippen MR) is 221 cm³/mol. The molecule has 5 amide bonds. The third kappa shape index (κ3) is 7.19. The van der Waals surface area contributed by atoms with E-state index in [0.717, 1.165) is 68.8 Å². The van der Waals surface area contributed by atoms with Crippen molar-refractivity contribution in [2.24, 2.45) is 0 Å². The summed E-state index contributed by atoms with van der Waals surface area (Å²) in [5.41, 5.74) is 6.70. The van der Waals surface area contributed by atoms with Gasteiger partial charge in [-0.1, -0.05) is 36.1 Å². The summed E-state index contributed by atoms with van der Waals surface area (Å²) in [6.07, 6.45) is 6.90. The molecule has 304 valence electrons. The van der Waals surface area contributed by atoms with Crippen LogP contribution in [0.3, 0.4) is 0 Å². The molecule has 2 aromatic carbocycles. The first-order valence-corrected chi connectivity index (χ1v) is 20.5. The normalized spacial score (nSPS) is 19.2. The highest BCUT2D eigenvalue weighted by Crippen LogP contribution is 2.40. The lowest BCUT2D eigenvalue weighted by Crippen LogP contribution is -2.52. The van der Waals surface area contributed by atoms with Crippen LogP contribution < -0.4 is 10.6 Å². The van der Waals surface area contributed by atoms with Gasteiger partial charge < -0.3 is 24.4 Å². The van der Waals surface area contributed by atoms with Gasteiger partial charge in [0.1, 0.15) is 23.6 Å². The van der Waals surface area contributed by atoms with Crippen molar-refractivity contribution in [2.75, 3.05) is 26.8 Å². The number of pyridine rings is 2. The Kier molecular flexibility index (Phi) is 10.4. The molecule has 14 nitrogen and oxygen atoms in total. The second-order valence-electron chi connectivity index (χ2n) is 15.8. The standard InChI is InChI=1S/C46H44N8O6/c1-27-45(58)52(2)26-39-41(51-42(54(27)39)29-17-20-60-21-18-29)32-11-7-10-30-22-37(49-24-34(30)32)31-13-14-36(48-23-31)43(56)47-19-5-3-4-8-28-9-6-12-33-35(28)25-53(46(33)59)38-15-16-40(55)50-44(38)57/h6-7,9-14,22-24,27,29,38H,3,5,15-21,25-26H2,1-2H3,(H,47,56)(H,50,55,57)/t27-,38?/m1/s1. The molecule has 2 saturated heterocycles. The number of piperidine rings is 1. The number of carbonyl (C=O) groups excluding carboxylic acids is 5. The van der Waals surface area contributed by atoms with Crippen LogP contribution in [0.5, 0.6) is 0 Å². The Morgan fingerprint density at radius 2 is 1.78 bits per heavy atom. The van der Waals surface area contributed by atoms with Crippen molar-refractivity contribution in [3.05, 3.63) is 101 Å². The van der Waals surface area contributed by atoms with Crippen molar-refractivity contribution < 1.29 is 28.7 Å². The van der Waals surface area contributed by atoms with E-state index in [0.29, 0.717) is 56.8 Å². The van der Waals surface area contributed by atoms with Crippen LogP contribution in [-0.4, -0.2) is 91.7 Å². The Hall–Kier alpha value is -6.72. The zero-order valence-corrected chi connectivity index (χ0v) is 33.5. The highest BCUT2D eigenvalue weighted by Gasteiger charge is 2.40. The molecule has 60 heavy (non-hydrogen) atoms. The number of hydrogen-bond donors (Lipinski definition) is 2. The van der Waals surface area contributed by atoms with Gasteiger partial charge in [-0.3, -0.25) is 39.3 Å². The molecule has 0 aliphatic carbocycles. The molecule has 3 aromatic heterocycles. The largest absolute Gasteiger partial charge is 0.381 e. The minimum atomic E-state index is -0.680. The average Bonchev–Trinajstić information content (AvgIpc) is 3.81. The topological polar surface area (TPSA) is 169 Å². The summed E-state index contributed by atoms with van der Waals surface area (Å²) in [6, 6.07) is 16.1. The Morgan fingerprint density at radius 1 is 0.967 bits per heavy atom. The first-order chi connectivity index (χ1) is 29.2. The molecule has 4 aliphatic heterocycles. The van der Waals surface area contributed by atoms with Crippen LogP contribution in [0.1, 0.15) is 101 Å². The molecule has 7 heterocycles. The molecule has 0 radical (unpaired) electrons. The fourth-order valence-corrected chi connectivity index (χ4v) is 8.81. The maximum absolute atomic E-state index is 13.1. The molecular weight excluding hydrogens is 761 g/mol. The molecule has 0 bridgehead atoms. The summed E-state index contributed by atoms with van der Waals surface area (Å²) in [5.74, 6) is 6.29. The Bertz CT molecular complexity index is 2640. The van der Waals surface area contributed by atoms with Crippen LogP contribution in [-0.2, 0) is 32.2 Å². The molecule has 2 N–H and O–H groups in total. The van der Waals surface area contributed by atoms with Gasteiger partial charge in [0.2, 0.25) is 17.7 Å². The number of rotatable bonds is 8. The van der Waals surface area contributed by atoms with Crippen LogP contribution in [0.4, 0.5) is 0 Å². The number of likely N-dealkylation sites (N-methyl/N-ethyl adjacent to an activating group) is 1. The predicted octanol–water partition coefficient (Wildman–Crippen LogP) is 4.91. The number of unbranched alkanes of at least 4 members (excludes halogenated alkanes) is 1. The average molecular weight is 805 g/mol. The van der Waals surface area contributed by atoms with Crippen LogP contribution in [0.25, 0.3) is 33.3 Å². The van der Waals surface area contributed by atoms with Crippen molar-refractivity contribution in [3.63, 3.8) is 0 Å². The van der Waals surface area contributed by atoms with E-state index in [1.807, 2.05) is 44.4 Å². The molecule has 0 spiro atoms. The number of nitrogens with zero attached hydrogens (tertiary/aromatic N) is 6. The monoisotopic (exact) mass is 804 g/mol. The zero-order valence-electron chi connectivity index (χ0n) is 33.5. The lowest BCUT2D eigenvalue weighted by atomic mass is 9.98. The number of nitrogens with one attached hydrogen (secondary N) is 2. The number of carbonyl (C=O) groups is 5. The molecule has 5 aromatic rings. The second kappa shape index (κ2) is 16.1. The van der Waals surface area contributed by atoms with Gasteiger partial charge in [0.15, 0.2) is 0 Å². The maximum atomic E-state index is 13.1. The molecule has 1 unspecified atom stereocenters. The number of aromatic nitrogens is 4. The maximum Gasteiger partial charge on any atom is 0.269 e. The van der Waals surface area contributed by atoms with E-state index in [4.69, 9.17) is 14.7 Å². The van der Waals surface area contributed by atoms with Crippen molar-refractivity contribution in [2.45, 2.75) is 76.5 Å². The van der Waals surface area contributed by atoms with Gasteiger partial charge in [0.05, 0.1) is 23.6 Å². The van der Waals surface area contributed by atoms with E-state index in [2.05, 4.69) is 44.2 Å². The summed E-state index contributed by atoms with van der Waals surface area (Å²) in [5, 5.41) is 7.20. The number of benzene rings is 2. The summed E-state index contributed by atoms with van der Waals surface area (Å²) < 4.78 is 7.81. The third-order valence-electron chi connectivity index (χ3n) is 12.0. The number of amides is 5. The molecule has 9 rings (SSSR count). The minimum Gasteiger partial charge on any atom is -0.381 e. The van der Waals surface area contributed by atoms with Crippen molar-refractivity contribution in [1.82, 2.24) is 40.0 Å².